The number of hydrogen-bond acceptors (Lipinski definition) is 7. The summed E-state index contributed by atoms with van der Waals surface area (Å²) < 4.78 is 12.0. The lowest BCUT2D eigenvalue weighted by atomic mass is 9.77. The third-order valence-corrected chi connectivity index (χ3v) is 6.42. The van der Waals surface area contributed by atoms with Crippen LogP contribution in [0, 0.1) is 6.92 Å². The van der Waals surface area contributed by atoms with E-state index < -0.39 is 23.6 Å². The molecular formula is C27H24NO7. The van der Waals surface area contributed by atoms with Crippen molar-refractivity contribution in [1.82, 2.24) is 0 Å². The fraction of sp³-hybridized carbons (Fsp3) is 0.222. The molecule has 0 aliphatic carbocycles. The summed E-state index contributed by atoms with van der Waals surface area (Å²) in [5.41, 5.74) is 0.706. The number of carboxylic acids is 1. The molecule has 2 heterocycles. The highest BCUT2D eigenvalue weighted by atomic mass is 16.6. The van der Waals surface area contributed by atoms with Crippen LogP contribution in [0.1, 0.15) is 52.7 Å². The minimum Gasteiger partial charge on any atom is -0.508 e. The van der Waals surface area contributed by atoms with E-state index >= 15 is 0 Å². The van der Waals surface area contributed by atoms with Gasteiger partial charge < -0.3 is 30.1 Å². The second-order valence-electron chi connectivity index (χ2n) is 8.65. The number of aromatic hydroxyl groups is 2. The minimum absolute atomic E-state index is 0.0333. The zero-order valence-corrected chi connectivity index (χ0v) is 18.8. The van der Waals surface area contributed by atoms with E-state index in [2.05, 4.69) is 12.2 Å². The molecule has 179 valence electrons. The van der Waals surface area contributed by atoms with Crippen LogP contribution in [0.2, 0.25) is 0 Å². The maximum absolute atomic E-state index is 13.4. The first-order valence-electron chi connectivity index (χ1n) is 11.4. The van der Waals surface area contributed by atoms with Crippen LogP contribution < -0.4 is 10.1 Å². The van der Waals surface area contributed by atoms with Crippen molar-refractivity contribution in [3.8, 4) is 23.0 Å². The number of fused-ring (bicyclic) bond motifs is 6. The van der Waals surface area contributed by atoms with Crippen molar-refractivity contribution in [3.05, 3.63) is 83.8 Å². The number of unbranched alkanes of at least 4 members (excludes halogenated alkanes) is 2. The van der Waals surface area contributed by atoms with Gasteiger partial charge in [-0.25, -0.2) is 9.59 Å². The van der Waals surface area contributed by atoms with Crippen molar-refractivity contribution in [1.29, 1.82) is 0 Å². The van der Waals surface area contributed by atoms with Gasteiger partial charge in [-0.3, -0.25) is 0 Å². The number of nitrogens with one attached hydrogen (secondary N) is 1. The molecular weight excluding hydrogens is 450 g/mol. The van der Waals surface area contributed by atoms with E-state index in [1.807, 2.05) is 0 Å². The highest BCUT2D eigenvalue weighted by Gasteiger charge is 2.54. The molecule has 4 N–H and O–H groups in total. The summed E-state index contributed by atoms with van der Waals surface area (Å²) in [6, 6.07) is 13.3. The molecule has 5 rings (SSSR count). The number of esters is 1. The van der Waals surface area contributed by atoms with E-state index in [0.717, 1.165) is 6.42 Å². The Morgan fingerprint density at radius 1 is 0.971 bits per heavy atom. The lowest BCUT2D eigenvalue weighted by molar-refractivity contribution is -0.138. The number of phenols is 2. The van der Waals surface area contributed by atoms with Crippen molar-refractivity contribution < 1.29 is 34.4 Å². The lowest BCUT2D eigenvalue weighted by Gasteiger charge is -2.36. The Morgan fingerprint density at radius 2 is 1.63 bits per heavy atom. The van der Waals surface area contributed by atoms with Gasteiger partial charge in [-0.1, -0.05) is 38.3 Å². The molecule has 0 saturated carbocycles. The SMILES string of the molecule is [CH2]CCCCC(Nc1cccc2c1C(=O)OC21c2ccc(O)cc2Oc2cc(O)ccc21)C(=O)O. The molecule has 0 amide bonds. The summed E-state index contributed by atoms with van der Waals surface area (Å²) in [5, 5.41) is 32.9. The Balaban J connectivity index is 1.67. The predicted molar refractivity (Wildman–Crippen MR) is 127 cm³/mol. The molecule has 3 aromatic carbocycles. The normalized spacial score (nSPS) is 15.4. The average Bonchev–Trinajstić information content (AvgIpc) is 3.11. The van der Waals surface area contributed by atoms with Gasteiger partial charge in [0.1, 0.15) is 29.0 Å². The maximum atomic E-state index is 13.4. The van der Waals surface area contributed by atoms with Crippen molar-refractivity contribution in [2.75, 3.05) is 5.32 Å². The second-order valence-corrected chi connectivity index (χ2v) is 8.65. The molecule has 8 heteroatoms. The summed E-state index contributed by atoms with van der Waals surface area (Å²) >= 11 is 0. The molecule has 1 atom stereocenters. The van der Waals surface area contributed by atoms with Gasteiger partial charge in [0, 0.05) is 34.5 Å². The Bertz CT molecular complexity index is 1280. The van der Waals surface area contributed by atoms with Crippen LogP contribution in [0.25, 0.3) is 0 Å². The maximum Gasteiger partial charge on any atom is 0.342 e. The number of benzene rings is 3. The Kier molecular flexibility index (Phi) is 5.51. The zero-order chi connectivity index (χ0) is 24.7. The van der Waals surface area contributed by atoms with E-state index in [1.165, 1.54) is 24.3 Å². The third kappa shape index (κ3) is 3.62. The fourth-order valence-electron chi connectivity index (χ4n) is 4.84. The van der Waals surface area contributed by atoms with Gasteiger partial charge in [0.15, 0.2) is 5.60 Å². The van der Waals surface area contributed by atoms with Crippen LogP contribution in [0.4, 0.5) is 5.69 Å². The van der Waals surface area contributed by atoms with E-state index in [-0.39, 0.29) is 28.6 Å². The first-order valence-corrected chi connectivity index (χ1v) is 11.4. The van der Waals surface area contributed by atoms with Crippen LogP contribution in [0.5, 0.6) is 23.0 Å². The smallest absolute Gasteiger partial charge is 0.342 e. The summed E-state index contributed by atoms with van der Waals surface area (Å²) in [6.45, 7) is 3.79. The van der Waals surface area contributed by atoms with Gasteiger partial charge >= 0.3 is 11.9 Å². The van der Waals surface area contributed by atoms with Crippen molar-refractivity contribution in [3.63, 3.8) is 0 Å². The van der Waals surface area contributed by atoms with Crippen LogP contribution in [0.3, 0.4) is 0 Å². The van der Waals surface area contributed by atoms with Gasteiger partial charge in [-0.05, 0) is 36.8 Å². The number of phenolic OH excluding ortho intramolecular Hbond substituents is 2. The van der Waals surface area contributed by atoms with E-state index in [0.29, 0.717) is 41.6 Å². The summed E-state index contributed by atoms with van der Waals surface area (Å²) in [4.78, 5) is 25.3. The van der Waals surface area contributed by atoms with Gasteiger partial charge in [-0.2, -0.15) is 0 Å². The summed E-state index contributed by atoms with van der Waals surface area (Å²) in [6.07, 6.45) is 2.58. The molecule has 0 fully saturated rings. The zero-order valence-electron chi connectivity index (χ0n) is 18.8. The van der Waals surface area contributed by atoms with Crippen molar-refractivity contribution in [2.45, 2.75) is 37.3 Å². The monoisotopic (exact) mass is 474 g/mol. The van der Waals surface area contributed by atoms with Crippen LogP contribution in [0.15, 0.2) is 54.6 Å². The lowest BCUT2D eigenvalue weighted by Crippen LogP contribution is -2.33. The molecule has 1 radical (unpaired) electrons. The molecule has 2 aliphatic rings. The molecule has 2 aliphatic heterocycles. The van der Waals surface area contributed by atoms with Crippen LogP contribution in [-0.2, 0) is 15.1 Å². The van der Waals surface area contributed by atoms with Gasteiger partial charge in [0.05, 0.1) is 5.56 Å². The summed E-state index contributed by atoms with van der Waals surface area (Å²) in [5.74, 6) is -1.15. The predicted octanol–water partition coefficient (Wildman–Crippen LogP) is 4.93. The van der Waals surface area contributed by atoms with Crippen molar-refractivity contribution >= 4 is 17.6 Å². The van der Waals surface area contributed by atoms with Crippen LogP contribution >= 0.6 is 0 Å². The number of anilines is 1. The number of aliphatic carboxylic acids is 1. The first kappa shape index (κ1) is 22.6. The fourth-order valence-corrected chi connectivity index (χ4v) is 4.84. The van der Waals surface area contributed by atoms with Crippen LogP contribution in [-0.4, -0.2) is 33.3 Å². The highest BCUT2D eigenvalue weighted by molar-refractivity contribution is 6.02. The number of rotatable bonds is 7. The van der Waals surface area contributed by atoms with Crippen molar-refractivity contribution in [2.24, 2.45) is 0 Å². The quantitative estimate of drug-likeness (QED) is 0.281. The molecule has 0 saturated heterocycles. The minimum atomic E-state index is -1.40. The average molecular weight is 474 g/mol. The Morgan fingerprint density at radius 3 is 2.23 bits per heavy atom. The molecule has 0 aromatic heterocycles. The highest BCUT2D eigenvalue weighted by Crippen LogP contribution is 2.57. The standard InChI is InChI=1S/C27H24NO7/c1-2-3-4-7-21(25(31)32)28-20-8-5-6-19-24(20)26(33)35-27(19)17-11-9-15(29)13-22(17)34-23-14-16(30)10-12-18(23)27/h5-6,8-14,21,28-30H,1-4,7H2,(H,31,32). The Labute approximate surface area is 201 Å². The first-order chi connectivity index (χ1) is 16.8. The number of carbonyl (C=O) groups excluding carboxylic acids is 1. The number of hydrogen-bond donors (Lipinski definition) is 4. The van der Waals surface area contributed by atoms with Gasteiger partial charge in [-0.15, -0.1) is 0 Å². The molecule has 1 spiro atoms. The summed E-state index contributed by atoms with van der Waals surface area (Å²) in [7, 11) is 0. The molecule has 35 heavy (non-hydrogen) atoms. The molecule has 0 bridgehead atoms. The topological polar surface area (TPSA) is 125 Å². The van der Waals surface area contributed by atoms with E-state index in [4.69, 9.17) is 9.47 Å². The van der Waals surface area contributed by atoms with Gasteiger partial charge in [0.2, 0.25) is 0 Å². The van der Waals surface area contributed by atoms with Gasteiger partial charge in [0.25, 0.3) is 0 Å². The van der Waals surface area contributed by atoms with E-state index in [9.17, 15) is 24.9 Å². The molecule has 1 unspecified atom stereocenters. The number of carbonyl (C=O) groups is 2. The largest absolute Gasteiger partial charge is 0.508 e. The number of carboxylic acid groups (broad SMARTS) is 1. The number of ether oxygens (including phenoxy) is 2. The molecule has 8 nitrogen and oxygen atoms in total. The Hall–Kier alpha value is -4.20. The second kappa shape index (κ2) is 8.54. The van der Waals surface area contributed by atoms with E-state index in [1.54, 1.807) is 30.3 Å². The molecule has 3 aromatic rings. The third-order valence-electron chi connectivity index (χ3n) is 6.42.